The molecule has 9 nitrogen and oxygen atoms in total. The first-order chi connectivity index (χ1) is 17.6. The summed E-state index contributed by atoms with van der Waals surface area (Å²) in [7, 11) is 0. The van der Waals surface area contributed by atoms with Crippen molar-refractivity contribution < 1.29 is 50.9 Å². The number of halogens is 6. The SMILES string of the molecule is Cc1cnc(NCCC2CCOC23CN(Cc2ccsc2)C3)nc1.O=C(O)C(F)(F)F.O=C(O)C(F)(F)F. The van der Waals surface area contributed by atoms with Crippen molar-refractivity contribution >= 4 is 29.2 Å². The van der Waals surface area contributed by atoms with Gasteiger partial charge in [-0.1, -0.05) is 0 Å². The van der Waals surface area contributed by atoms with E-state index in [1.54, 1.807) is 11.3 Å². The molecule has 0 aliphatic carbocycles. The molecule has 2 fully saturated rings. The number of nitrogens with one attached hydrogen (secondary N) is 1. The molecular weight excluding hydrogens is 546 g/mol. The zero-order valence-electron chi connectivity index (χ0n) is 20.1. The molecule has 0 amide bonds. The van der Waals surface area contributed by atoms with Gasteiger partial charge in [0.25, 0.3) is 0 Å². The van der Waals surface area contributed by atoms with Gasteiger partial charge in [-0.15, -0.1) is 0 Å². The molecule has 2 saturated heterocycles. The lowest BCUT2D eigenvalue weighted by Gasteiger charge is -2.50. The van der Waals surface area contributed by atoms with Crippen molar-refractivity contribution in [3.8, 4) is 0 Å². The second kappa shape index (κ2) is 13.2. The van der Waals surface area contributed by atoms with Gasteiger partial charge >= 0.3 is 24.3 Å². The molecule has 2 aromatic heterocycles. The average molecular weight is 573 g/mol. The minimum atomic E-state index is -5.08. The maximum Gasteiger partial charge on any atom is 0.490 e. The van der Waals surface area contributed by atoms with Gasteiger partial charge in [0.15, 0.2) is 0 Å². The Morgan fingerprint density at radius 2 is 1.68 bits per heavy atom. The molecule has 1 atom stereocenters. The third kappa shape index (κ3) is 9.72. The predicted molar refractivity (Wildman–Crippen MR) is 124 cm³/mol. The molecule has 0 aromatic carbocycles. The van der Waals surface area contributed by atoms with Crippen molar-refractivity contribution in [1.29, 1.82) is 0 Å². The number of aliphatic carboxylic acids is 2. The molecule has 1 unspecified atom stereocenters. The first kappa shape index (κ1) is 31.2. The number of likely N-dealkylation sites (tertiary alicyclic amines) is 1. The zero-order chi connectivity index (χ0) is 28.6. The molecule has 4 heterocycles. The van der Waals surface area contributed by atoms with Crippen molar-refractivity contribution in [1.82, 2.24) is 14.9 Å². The van der Waals surface area contributed by atoms with E-state index in [0.717, 1.165) is 50.7 Å². The van der Waals surface area contributed by atoms with E-state index in [1.807, 2.05) is 19.3 Å². The maximum absolute atomic E-state index is 10.6. The summed E-state index contributed by atoms with van der Waals surface area (Å²) in [6.07, 6.45) is -4.18. The summed E-state index contributed by atoms with van der Waals surface area (Å²) >= 11 is 1.77. The number of rotatable bonds is 6. The Morgan fingerprint density at radius 1 is 1.13 bits per heavy atom. The van der Waals surface area contributed by atoms with E-state index in [-0.39, 0.29) is 5.60 Å². The Kier molecular flexibility index (Phi) is 10.8. The number of hydrogen-bond donors (Lipinski definition) is 3. The quantitative estimate of drug-likeness (QED) is 0.437. The normalized spacial score (nSPS) is 18.4. The Labute approximate surface area is 217 Å². The summed E-state index contributed by atoms with van der Waals surface area (Å²) in [5, 5.41) is 22.0. The van der Waals surface area contributed by atoms with Crippen molar-refractivity contribution in [3.05, 3.63) is 40.3 Å². The van der Waals surface area contributed by atoms with Crippen LogP contribution in [0.2, 0.25) is 0 Å². The number of ether oxygens (including phenoxy) is 1. The highest BCUT2D eigenvalue weighted by Crippen LogP contribution is 2.42. The summed E-state index contributed by atoms with van der Waals surface area (Å²) in [4.78, 5) is 28.9. The van der Waals surface area contributed by atoms with Gasteiger partial charge in [0.1, 0.15) is 0 Å². The molecule has 2 aromatic rings. The van der Waals surface area contributed by atoms with Gasteiger partial charge < -0.3 is 20.3 Å². The number of aromatic nitrogens is 2. The lowest BCUT2D eigenvalue weighted by Crippen LogP contribution is -2.64. The molecule has 2 aliphatic rings. The van der Waals surface area contributed by atoms with Gasteiger partial charge in [0.05, 0.1) is 5.60 Å². The van der Waals surface area contributed by atoms with E-state index in [0.29, 0.717) is 5.92 Å². The topological polar surface area (TPSA) is 125 Å². The summed E-state index contributed by atoms with van der Waals surface area (Å²) in [6, 6.07) is 2.22. The molecular formula is C22H26F6N4O5S. The molecule has 16 heteroatoms. The second-order valence-electron chi connectivity index (χ2n) is 8.58. The molecule has 3 N–H and O–H groups in total. The Bertz CT molecular complexity index is 1000. The lowest BCUT2D eigenvalue weighted by atomic mass is 9.79. The second-order valence-corrected chi connectivity index (χ2v) is 9.36. The van der Waals surface area contributed by atoms with Crippen molar-refractivity contribution in [2.24, 2.45) is 5.92 Å². The first-order valence-corrected chi connectivity index (χ1v) is 12.1. The Balaban J connectivity index is 0.000000301. The predicted octanol–water partition coefficient (Wildman–Crippen LogP) is 4.21. The van der Waals surface area contributed by atoms with Crippen molar-refractivity contribution in [2.45, 2.75) is 44.3 Å². The third-order valence-electron chi connectivity index (χ3n) is 5.61. The van der Waals surface area contributed by atoms with Gasteiger partial charge in [0, 0.05) is 45.2 Å². The zero-order valence-corrected chi connectivity index (χ0v) is 20.9. The minimum absolute atomic E-state index is 0.0891. The monoisotopic (exact) mass is 572 g/mol. The smallest absolute Gasteiger partial charge is 0.475 e. The number of alkyl halides is 6. The van der Waals surface area contributed by atoms with Gasteiger partial charge in [-0.25, -0.2) is 19.6 Å². The van der Waals surface area contributed by atoms with Crippen LogP contribution in [-0.4, -0.2) is 81.2 Å². The highest BCUT2D eigenvalue weighted by atomic mass is 32.1. The number of nitrogens with zero attached hydrogens (tertiary/aromatic N) is 3. The van der Waals surface area contributed by atoms with Crippen LogP contribution in [0.25, 0.3) is 0 Å². The number of carboxylic acids is 2. The molecule has 0 radical (unpaired) electrons. The number of thiophene rings is 1. The summed E-state index contributed by atoms with van der Waals surface area (Å²) in [5.41, 5.74) is 2.60. The highest BCUT2D eigenvalue weighted by molar-refractivity contribution is 7.07. The van der Waals surface area contributed by atoms with Crippen LogP contribution in [-0.2, 0) is 20.9 Å². The van der Waals surface area contributed by atoms with E-state index >= 15 is 0 Å². The van der Waals surface area contributed by atoms with Crippen molar-refractivity contribution in [3.63, 3.8) is 0 Å². The van der Waals surface area contributed by atoms with Gasteiger partial charge in [-0.2, -0.15) is 37.7 Å². The summed E-state index contributed by atoms with van der Waals surface area (Å²) in [6.45, 7) is 6.99. The molecule has 38 heavy (non-hydrogen) atoms. The molecule has 4 rings (SSSR count). The van der Waals surface area contributed by atoms with Gasteiger partial charge in [-0.05, 0) is 53.6 Å². The Hall–Kier alpha value is -2.98. The summed E-state index contributed by atoms with van der Waals surface area (Å²) < 4.78 is 69.6. The van der Waals surface area contributed by atoms with E-state index in [1.165, 1.54) is 12.0 Å². The average Bonchev–Trinajstić information content (AvgIpc) is 3.45. The molecule has 2 aliphatic heterocycles. The van der Waals surface area contributed by atoms with Crippen LogP contribution in [0, 0.1) is 12.8 Å². The van der Waals surface area contributed by atoms with Gasteiger partial charge in [-0.3, -0.25) is 4.90 Å². The first-order valence-electron chi connectivity index (χ1n) is 11.1. The highest BCUT2D eigenvalue weighted by Gasteiger charge is 2.52. The number of hydrogen-bond acceptors (Lipinski definition) is 8. The summed E-state index contributed by atoms with van der Waals surface area (Å²) in [5.74, 6) is -4.16. The fraction of sp³-hybridized carbons (Fsp3) is 0.545. The van der Waals surface area contributed by atoms with E-state index in [9.17, 15) is 26.3 Å². The Morgan fingerprint density at radius 3 is 2.16 bits per heavy atom. The van der Waals surface area contributed by atoms with E-state index < -0.39 is 24.3 Å². The van der Waals surface area contributed by atoms with E-state index in [4.69, 9.17) is 24.5 Å². The van der Waals surface area contributed by atoms with Crippen molar-refractivity contribution in [2.75, 3.05) is 31.6 Å². The third-order valence-corrected chi connectivity index (χ3v) is 6.34. The lowest BCUT2D eigenvalue weighted by molar-refractivity contribution is -0.193. The van der Waals surface area contributed by atoms with E-state index in [2.05, 4.69) is 37.0 Å². The number of carbonyl (C=O) groups is 2. The van der Waals surface area contributed by atoms with Gasteiger partial charge in [0.2, 0.25) is 5.95 Å². The number of anilines is 1. The standard InChI is InChI=1S/C18H24N4OS.2C2HF3O2/c1-14-8-20-17(21-9-14)19-5-2-16-3-6-23-18(16)12-22(13-18)10-15-4-7-24-11-15;2*3-2(4,5)1(6)7/h4,7-9,11,16H,2-3,5-6,10,12-13H2,1H3,(H,19,20,21);2*(H,6,7). The molecule has 0 saturated carbocycles. The van der Waals surface area contributed by atoms with Crippen LogP contribution in [0.1, 0.15) is 24.0 Å². The fourth-order valence-corrected chi connectivity index (χ4v) is 4.51. The van der Waals surface area contributed by atoms with Crippen LogP contribution < -0.4 is 5.32 Å². The molecule has 1 spiro atoms. The van der Waals surface area contributed by atoms with Crippen LogP contribution in [0.3, 0.4) is 0 Å². The van der Waals surface area contributed by atoms with Crippen LogP contribution in [0.15, 0.2) is 29.2 Å². The minimum Gasteiger partial charge on any atom is -0.475 e. The van der Waals surface area contributed by atoms with Crippen LogP contribution in [0.4, 0.5) is 32.3 Å². The number of carboxylic acid groups (broad SMARTS) is 2. The number of aryl methyl sites for hydroxylation is 1. The fourth-order valence-electron chi connectivity index (χ4n) is 3.85. The largest absolute Gasteiger partial charge is 0.490 e. The maximum atomic E-state index is 10.6. The molecule has 212 valence electrons. The molecule has 0 bridgehead atoms. The van der Waals surface area contributed by atoms with Crippen LogP contribution in [0.5, 0.6) is 0 Å². The van der Waals surface area contributed by atoms with Crippen LogP contribution >= 0.6 is 11.3 Å².